The van der Waals surface area contributed by atoms with Gasteiger partial charge in [-0.25, -0.2) is 0 Å². The second kappa shape index (κ2) is 10.5. The van der Waals surface area contributed by atoms with Crippen molar-refractivity contribution in [1.82, 2.24) is 10.2 Å². The van der Waals surface area contributed by atoms with Gasteiger partial charge in [0.1, 0.15) is 11.8 Å². The molecule has 156 valence electrons. The highest BCUT2D eigenvalue weighted by Crippen LogP contribution is 2.27. The van der Waals surface area contributed by atoms with E-state index in [9.17, 15) is 9.59 Å². The molecule has 7 heteroatoms. The van der Waals surface area contributed by atoms with Crippen LogP contribution in [0.25, 0.3) is 0 Å². The summed E-state index contributed by atoms with van der Waals surface area (Å²) >= 11 is 12.0. The topological polar surface area (TPSA) is 58.6 Å². The van der Waals surface area contributed by atoms with E-state index in [2.05, 4.69) is 5.32 Å². The smallest absolute Gasteiger partial charge is 0.261 e. The summed E-state index contributed by atoms with van der Waals surface area (Å²) in [5.74, 6) is -0.174. The highest BCUT2D eigenvalue weighted by Gasteiger charge is 2.27. The molecule has 2 aromatic carbocycles. The molecule has 0 spiro atoms. The third-order valence-electron chi connectivity index (χ3n) is 4.32. The predicted octanol–water partition coefficient (Wildman–Crippen LogP) is 4.62. The molecule has 1 unspecified atom stereocenters. The van der Waals surface area contributed by atoms with E-state index in [1.807, 2.05) is 45.0 Å². The molecule has 29 heavy (non-hydrogen) atoms. The van der Waals surface area contributed by atoms with E-state index in [-0.39, 0.29) is 24.5 Å². The van der Waals surface area contributed by atoms with E-state index in [4.69, 9.17) is 27.9 Å². The van der Waals surface area contributed by atoms with E-state index < -0.39 is 6.04 Å². The largest absolute Gasteiger partial charge is 0.482 e. The monoisotopic (exact) mass is 436 g/mol. The number of amides is 2. The zero-order chi connectivity index (χ0) is 21.6. The molecule has 5 nitrogen and oxygen atoms in total. The van der Waals surface area contributed by atoms with Gasteiger partial charge in [0.15, 0.2) is 6.61 Å². The first-order valence-electron chi connectivity index (χ1n) is 9.40. The van der Waals surface area contributed by atoms with Crippen LogP contribution in [-0.4, -0.2) is 35.4 Å². The highest BCUT2D eigenvalue weighted by molar-refractivity contribution is 6.35. The van der Waals surface area contributed by atoms with Crippen LogP contribution in [0.2, 0.25) is 10.0 Å². The van der Waals surface area contributed by atoms with Crippen molar-refractivity contribution in [3.05, 3.63) is 63.6 Å². The Hall–Kier alpha value is -2.24. The van der Waals surface area contributed by atoms with Crippen LogP contribution < -0.4 is 10.1 Å². The van der Waals surface area contributed by atoms with Crippen LogP contribution in [-0.2, 0) is 16.1 Å². The average molecular weight is 437 g/mol. The van der Waals surface area contributed by atoms with Gasteiger partial charge in [-0.1, -0.05) is 53.0 Å². The molecular weight excluding hydrogens is 411 g/mol. The van der Waals surface area contributed by atoms with Gasteiger partial charge in [-0.15, -0.1) is 0 Å². The lowest BCUT2D eigenvalue weighted by molar-refractivity contribution is -0.142. The molecule has 0 bridgehead atoms. The summed E-state index contributed by atoms with van der Waals surface area (Å²) in [6.45, 7) is 7.51. The quantitative estimate of drug-likeness (QED) is 0.656. The van der Waals surface area contributed by atoms with Gasteiger partial charge in [-0.05, 0) is 51.5 Å². The Kier molecular flexibility index (Phi) is 8.35. The number of benzene rings is 2. The van der Waals surface area contributed by atoms with Crippen molar-refractivity contribution in [3.8, 4) is 5.75 Å². The third-order valence-corrected chi connectivity index (χ3v) is 4.85. The van der Waals surface area contributed by atoms with Crippen LogP contribution in [0.5, 0.6) is 5.75 Å². The van der Waals surface area contributed by atoms with Crippen LogP contribution in [0.3, 0.4) is 0 Å². The summed E-state index contributed by atoms with van der Waals surface area (Å²) in [7, 11) is 0. The summed E-state index contributed by atoms with van der Waals surface area (Å²) in [5.41, 5.74) is 2.05. The minimum absolute atomic E-state index is 0.0228. The minimum Gasteiger partial charge on any atom is -0.482 e. The van der Waals surface area contributed by atoms with Crippen molar-refractivity contribution in [3.63, 3.8) is 0 Å². The van der Waals surface area contributed by atoms with Gasteiger partial charge in [0.2, 0.25) is 5.91 Å². The maximum Gasteiger partial charge on any atom is 0.261 e. The maximum atomic E-state index is 12.9. The van der Waals surface area contributed by atoms with Gasteiger partial charge in [0.05, 0.1) is 5.02 Å². The second-order valence-electron chi connectivity index (χ2n) is 7.21. The SMILES string of the molecule is Cc1ccc(CN(C(=O)COc2ccc(Cl)cc2Cl)C(C)C(=O)NC(C)C)cc1. The first-order valence-corrected chi connectivity index (χ1v) is 10.2. The molecule has 0 aliphatic heterocycles. The highest BCUT2D eigenvalue weighted by atomic mass is 35.5. The number of ether oxygens (including phenoxy) is 1. The van der Waals surface area contributed by atoms with Crippen LogP contribution >= 0.6 is 23.2 Å². The van der Waals surface area contributed by atoms with Gasteiger partial charge in [0.25, 0.3) is 5.91 Å². The minimum atomic E-state index is -0.657. The molecule has 1 N–H and O–H groups in total. The third kappa shape index (κ3) is 6.94. The fourth-order valence-corrected chi connectivity index (χ4v) is 3.16. The molecule has 0 heterocycles. The van der Waals surface area contributed by atoms with E-state index in [1.165, 1.54) is 4.90 Å². The summed E-state index contributed by atoms with van der Waals surface area (Å²) < 4.78 is 5.59. The molecule has 2 amide bonds. The van der Waals surface area contributed by atoms with Crippen molar-refractivity contribution in [2.45, 2.75) is 46.3 Å². The van der Waals surface area contributed by atoms with Crippen molar-refractivity contribution >= 4 is 35.0 Å². The lowest BCUT2D eigenvalue weighted by Gasteiger charge is -2.29. The Morgan fingerprint density at radius 1 is 1.07 bits per heavy atom. The van der Waals surface area contributed by atoms with E-state index in [1.54, 1.807) is 25.1 Å². The maximum absolute atomic E-state index is 12.9. The van der Waals surface area contributed by atoms with E-state index >= 15 is 0 Å². The molecule has 0 aromatic heterocycles. The number of rotatable bonds is 8. The van der Waals surface area contributed by atoms with Gasteiger partial charge < -0.3 is 15.0 Å². The number of halogens is 2. The number of nitrogens with one attached hydrogen (secondary N) is 1. The van der Waals surface area contributed by atoms with Crippen molar-refractivity contribution in [1.29, 1.82) is 0 Å². The summed E-state index contributed by atoms with van der Waals surface area (Å²) in [4.78, 5) is 27.0. The molecule has 0 aliphatic rings. The molecule has 2 aromatic rings. The lowest BCUT2D eigenvalue weighted by Crippen LogP contribution is -2.50. The molecule has 0 saturated heterocycles. The molecule has 0 saturated carbocycles. The van der Waals surface area contributed by atoms with Crippen LogP contribution in [0.15, 0.2) is 42.5 Å². The van der Waals surface area contributed by atoms with Crippen molar-refractivity contribution < 1.29 is 14.3 Å². The number of aryl methyl sites for hydroxylation is 1. The van der Waals surface area contributed by atoms with Crippen LogP contribution in [0, 0.1) is 6.92 Å². The molecule has 1 atom stereocenters. The van der Waals surface area contributed by atoms with Crippen molar-refractivity contribution in [2.75, 3.05) is 6.61 Å². The molecule has 0 aliphatic carbocycles. The summed E-state index contributed by atoms with van der Waals surface area (Å²) in [5, 5.41) is 3.65. The van der Waals surface area contributed by atoms with E-state index in [0.717, 1.165) is 11.1 Å². The number of nitrogens with zero attached hydrogens (tertiary/aromatic N) is 1. The summed E-state index contributed by atoms with van der Waals surface area (Å²) in [6, 6.07) is 11.9. The second-order valence-corrected chi connectivity index (χ2v) is 8.05. The number of hydrogen-bond acceptors (Lipinski definition) is 3. The zero-order valence-corrected chi connectivity index (χ0v) is 18.6. The number of carbonyl (C=O) groups excluding carboxylic acids is 2. The van der Waals surface area contributed by atoms with Crippen molar-refractivity contribution in [2.24, 2.45) is 0 Å². The van der Waals surface area contributed by atoms with E-state index in [0.29, 0.717) is 22.3 Å². The normalized spacial score (nSPS) is 11.8. The standard InChI is InChI=1S/C22H26Cl2N2O3/c1-14(2)25-22(28)16(4)26(12-17-7-5-15(3)6-8-17)21(27)13-29-20-10-9-18(23)11-19(20)24/h5-11,14,16H,12-13H2,1-4H3,(H,25,28). The lowest BCUT2D eigenvalue weighted by atomic mass is 10.1. The Morgan fingerprint density at radius 2 is 1.72 bits per heavy atom. The number of carbonyl (C=O) groups is 2. The average Bonchev–Trinajstić information content (AvgIpc) is 2.65. The van der Waals surface area contributed by atoms with Gasteiger partial charge in [0, 0.05) is 17.6 Å². The molecule has 2 rings (SSSR count). The Balaban J connectivity index is 2.16. The summed E-state index contributed by atoms with van der Waals surface area (Å²) in [6.07, 6.45) is 0. The molecule has 0 radical (unpaired) electrons. The Labute approximate surface area is 181 Å². The van der Waals surface area contributed by atoms with Gasteiger partial charge in [-0.3, -0.25) is 9.59 Å². The fourth-order valence-electron chi connectivity index (χ4n) is 2.69. The Bertz CT molecular complexity index is 854. The molecule has 0 fully saturated rings. The first kappa shape index (κ1) is 23.0. The number of hydrogen-bond donors (Lipinski definition) is 1. The van der Waals surface area contributed by atoms with Crippen LogP contribution in [0.4, 0.5) is 0 Å². The molecular formula is C22H26Cl2N2O3. The van der Waals surface area contributed by atoms with Gasteiger partial charge in [-0.2, -0.15) is 0 Å². The first-order chi connectivity index (χ1) is 13.7. The Morgan fingerprint density at radius 3 is 2.31 bits per heavy atom. The zero-order valence-electron chi connectivity index (χ0n) is 17.0. The fraction of sp³-hybridized carbons (Fsp3) is 0.364. The van der Waals surface area contributed by atoms with Crippen LogP contribution in [0.1, 0.15) is 31.9 Å². The predicted molar refractivity (Wildman–Crippen MR) is 116 cm³/mol. The van der Waals surface area contributed by atoms with Gasteiger partial charge >= 0.3 is 0 Å².